The summed E-state index contributed by atoms with van der Waals surface area (Å²) in [5.41, 5.74) is 8.61. The van der Waals surface area contributed by atoms with Crippen molar-refractivity contribution in [1.82, 2.24) is 9.97 Å². The Balaban J connectivity index is 2.25. The number of anilines is 1. The second-order valence-electron chi connectivity index (χ2n) is 4.30. The van der Waals surface area contributed by atoms with E-state index in [-0.39, 0.29) is 0 Å². The largest absolute Gasteiger partial charge is 0.464 e. The number of aromatic nitrogens is 2. The third kappa shape index (κ3) is 1.46. The van der Waals surface area contributed by atoms with Gasteiger partial charge in [0.2, 0.25) is 0 Å². The number of pyridine rings is 1. The Morgan fingerprint density at radius 1 is 1.59 bits per heavy atom. The van der Waals surface area contributed by atoms with E-state index in [0.717, 1.165) is 29.4 Å². The average molecular weight is 231 g/mol. The van der Waals surface area contributed by atoms with Crippen molar-refractivity contribution in [1.29, 1.82) is 0 Å². The molecule has 0 atom stereocenters. The first-order chi connectivity index (χ1) is 8.22. The lowest BCUT2D eigenvalue weighted by Gasteiger charge is -2.00. The smallest absolute Gasteiger partial charge is 0.356 e. The van der Waals surface area contributed by atoms with E-state index in [1.54, 1.807) is 6.20 Å². The van der Waals surface area contributed by atoms with Crippen LogP contribution in [0.3, 0.4) is 0 Å². The number of hydrogen-bond acceptors (Lipinski definition) is 4. The number of nitrogens with two attached hydrogens (primary N) is 1. The van der Waals surface area contributed by atoms with E-state index in [1.807, 2.05) is 6.07 Å². The summed E-state index contributed by atoms with van der Waals surface area (Å²) >= 11 is 0. The monoisotopic (exact) mass is 231 g/mol. The first-order valence-corrected chi connectivity index (χ1v) is 5.56. The molecule has 2 aromatic heterocycles. The maximum atomic E-state index is 11.5. The number of methoxy groups -OCH3 is 1. The molecule has 0 radical (unpaired) electrons. The van der Waals surface area contributed by atoms with Crippen molar-refractivity contribution < 1.29 is 9.53 Å². The van der Waals surface area contributed by atoms with Crippen LogP contribution in [0.5, 0.6) is 0 Å². The van der Waals surface area contributed by atoms with E-state index in [9.17, 15) is 4.79 Å². The third-order valence-electron chi connectivity index (χ3n) is 3.13. The van der Waals surface area contributed by atoms with Gasteiger partial charge < -0.3 is 15.5 Å². The Labute approximate surface area is 98.0 Å². The van der Waals surface area contributed by atoms with Crippen molar-refractivity contribution in [2.24, 2.45) is 0 Å². The number of carbonyl (C=O) groups excluding carboxylic acids is 1. The number of fused-ring (bicyclic) bond motifs is 1. The minimum Gasteiger partial charge on any atom is -0.464 e. The second kappa shape index (κ2) is 3.48. The van der Waals surface area contributed by atoms with Gasteiger partial charge in [-0.2, -0.15) is 0 Å². The highest BCUT2D eigenvalue weighted by atomic mass is 16.5. The van der Waals surface area contributed by atoms with Gasteiger partial charge in [0.15, 0.2) is 0 Å². The van der Waals surface area contributed by atoms with Crippen molar-refractivity contribution in [2.75, 3.05) is 12.8 Å². The predicted molar refractivity (Wildman–Crippen MR) is 63.8 cm³/mol. The molecule has 1 fully saturated rings. The molecule has 0 unspecified atom stereocenters. The van der Waals surface area contributed by atoms with Gasteiger partial charge in [-0.1, -0.05) is 0 Å². The summed E-state index contributed by atoms with van der Waals surface area (Å²) < 4.78 is 4.69. The molecule has 5 heteroatoms. The van der Waals surface area contributed by atoms with Crippen LogP contribution >= 0.6 is 0 Å². The minimum atomic E-state index is -0.444. The van der Waals surface area contributed by atoms with E-state index in [2.05, 4.69) is 9.97 Å². The minimum absolute atomic E-state index is 0.317. The fourth-order valence-electron chi connectivity index (χ4n) is 2.12. The number of H-pyrrole nitrogens is 1. The first kappa shape index (κ1) is 10.1. The van der Waals surface area contributed by atoms with Crippen LogP contribution in [0.15, 0.2) is 12.3 Å². The summed E-state index contributed by atoms with van der Waals surface area (Å²) in [6, 6.07) is 1.82. The van der Waals surface area contributed by atoms with Gasteiger partial charge in [0, 0.05) is 17.5 Å². The van der Waals surface area contributed by atoms with Crippen molar-refractivity contribution in [2.45, 2.75) is 18.8 Å². The van der Waals surface area contributed by atoms with E-state index in [1.165, 1.54) is 7.11 Å². The first-order valence-electron chi connectivity index (χ1n) is 5.56. The molecular weight excluding hydrogens is 218 g/mol. The quantitative estimate of drug-likeness (QED) is 0.772. The number of carbonyl (C=O) groups is 1. The second-order valence-corrected chi connectivity index (χ2v) is 4.30. The van der Waals surface area contributed by atoms with Crippen molar-refractivity contribution in [3.05, 3.63) is 23.7 Å². The molecule has 1 aliphatic rings. The lowest BCUT2D eigenvalue weighted by Crippen LogP contribution is -2.04. The van der Waals surface area contributed by atoms with Crippen LogP contribution in [0.2, 0.25) is 0 Å². The number of rotatable bonds is 2. The summed E-state index contributed by atoms with van der Waals surface area (Å²) in [5, 5.41) is 0.871. The fraction of sp³-hybridized carbons (Fsp3) is 0.333. The van der Waals surface area contributed by atoms with Crippen molar-refractivity contribution in [3.63, 3.8) is 0 Å². The Kier molecular flexibility index (Phi) is 2.07. The Hall–Kier alpha value is -2.04. The highest BCUT2D eigenvalue weighted by Gasteiger charge is 2.29. The lowest BCUT2D eigenvalue weighted by molar-refractivity contribution is 0.0596. The number of nitrogens with zero attached hydrogens (tertiary/aromatic N) is 1. The van der Waals surface area contributed by atoms with Crippen molar-refractivity contribution in [3.8, 4) is 0 Å². The Morgan fingerprint density at radius 2 is 2.35 bits per heavy atom. The molecular formula is C12H13N3O2. The van der Waals surface area contributed by atoms with Crippen LogP contribution in [0.4, 0.5) is 5.69 Å². The predicted octanol–water partition coefficient (Wildman–Crippen LogP) is 1.81. The van der Waals surface area contributed by atoms with Gasteiger partial charge in [-0.05, 0) is 18.9 Å². The van der Waals surface area contributed by atoms with Crippen molar-refractivity contribution >= 4 is 22.6 Å². The zero-order valence-corrected chi connectivity index (χ0v) is 9.49. The summed E-state index contributed by atoms with van der Waals surface area (Å²) in [6.45, 7) is 0. The number of ether oxygens (including phenoxy) is 1. The molecule has 0 saturated heterocycles. The van der Waals surface area contributed by atoms with E-state index in [0.29, 0.717) is 17.3 Å². The summed E-state index contributed by atoms with van der Waals surface area (Å²) in [7, 11) is 1.34. The van der Waals surface area contributed by atoms with E-state index in [4.69, 9.17) is 10.5 Å². The molecule has 17 heavy (non-hydrogen) atoms. The van der Waals surface area contributed by atoms with Gasteiger partial charge in [0.25, 0.3) is 0 Å². The fourth-order valence-corrected chi connectivity index (χ4v) is 2.12. The molecule has 3 N–H and O–H groups in total. The van der Waals surface area contributed by atoms with Crippen LogP contribution < -0.4 is 5.73 Å². The highest BCUT2D eigenvalue weighted by molar-refractivity contribution is 6.06. The molecule has 2 heterocycles. The topological polar surface area (TPSA) is 81.0 Å². The molecule has 0 bridgehead atoms. The molecule has 3 rings (SSSR count). The molecule has 1 saturated carbocycles. The summed E-state index contributed by atoms with van der Waals surface area (Å²) in [4.78, 5) is 18.9. The molecule has 0 aromatic carbocycles. The number of nitrogen functional groups attached to an aromatic ring is 1. The van der Waals surface area contributed by atoms with E-state index >= 15 is 0 Å². The average Bonchev–Trinajstić information content (AvgIpc) is 3.13. The maximum Gasteiger partial charge on any atom is 0.356 e. The van der Waals surface area contributed by atoms with Gasteiger partial charge in [0.1, 0.15) is 5.69 Å². The molecule has 2 aromatic rings. The molecule has 0 aliphatic heterocycles. The molecule has 5 nitrogen and oxygen atoms in total. The summed E-state index contributed by atoms with van der Waals surface area (Å²) in [6.07, 6.45) is 4.03. The van der Waals surface area contributed by atoms with Gasteiger partial charge in [-0.25, -0.2) is 4.79 Å². The van der Waals surface area contributed by atoms with Gasteiger partial charge in [0.05, 0.1) is 24.0 Å². The normalized spacial score (nSPS) is 15.1. The molecule has 0 spiro atoms. The molecule has 0 amide bonds. The Morgan fingerprint density at radius 3 is 3.00 bits per heavy atom. The molecule has 88 valence electrons. The lowest BCUT2D eigenvalue weighted by atomic mass is 10.1. The van der Waals surface area contributed by atoms with Crippen LogP contribution in [-0.4, -0.2) is 23.0 Å². The highest BCUT2D eigenvalue weighted by Crippen LogP contribution is 2.43. The standard InChI is InChI=1S/C12H13N3O2/c1-17-12(16)11-9(13)8-7(15-11)4-5-14-10(8)6-2-3-6/h4-6,15H,2-3,13H2,1H3. The maximum absolute atomic E-state index is 11.5. The van der Waals surface area contributed by atoms with Crippen LogP contribution in [0.25, 0.3) is 10.9 Å². The van der Waals surface area contributed by atoms with Crippen LogP contribution in [0.1, 0.15) is 34.9 Å². The van der Waals surface area contributed by atoms with E-state index < -0.39 is 5.97 Å². The van der Waals surface area contributed by atoms with Crippen LogP contribution in [-0.2, 0) is 4.74 Å². The van der Waals surface area contributed by atoms with Gasteiger partial charge in [-0.3, -0.25) is 4.98 Å². The van der Waals surface area contributed by atoms with Gasteiger partial charge in [-0.15, -0.1) is 0 Å². The number of hydrogen-bond donors (Lipinski definition) is 2. The summed E-state index contributed by atoms with van der Waals surface area (Å²) in [5.74, 6) is 0.0442. The van der Waals surface area contributed by atoms with Gasteiger partial charge >= 0.3 is 5.97 Å². The number of aromatic amines is 1. The molecule has 1 aliphatic carbocycles. The third-order valence-corrected chi connectivity index (χ3v) is 3.13. The zero-order chi connectivity index (χ0) is 12.0. The number of esters is 1. The SMILES string of the molecule is COC(=O)c1[nH]c2ccnc(C3CC3)c2c1N. The number of nitrogens with one attached hydrogen (secondary N) is 1. The Bertz CT molecular complexity index is 599. The van der Waals surface area contributed by atoms with Crippen LogP contribution in [0, 0.1) is 0 Å². The zero-order valence-electron chi connectivity index (χ0n) is 9.49.